The highest BCUT2D eigenvalue weighted by Crippen LogP contribution is 2.28. The van der Waals surface area contributed by atoms with Crippen LogP contribution in [-0.2, 0) is 4.79 Å². The summed E-state index contributed by atoms with van der Waals surface area (Å²) in [5.74, 6) is 0.110. The van der Waals surface area contributed by atoms with Gasteiger partial charge in [-0.25, -0.2) is 0 Å². The molecule has 2 N–H and O–H groups in total. The molecule has 0 atom stereocenters. The van der Waals surface area contributed by atoms with E-state index in [1.54, 1.807) is 32.2 Å². The van der Waals surface area contributed by atoms with Crippen molar-refractivity contribution in [1.82, 2.24) is 5.32 Å². The molecule has 3 rings (SSSR count). The van der Waals surface area contributed by atoms with Gasteiger partial charge in [-0.05, 0) is 55.8 Å². The van der Waals surface area contributed by atoms with Crippen LogP contribution in [0.2, 0.25) is 0 Å². The first-order chi connectivity index (χ1) is 12.9. The van der Waals surface area contributed by atoms with Crippen molar-refractivity contribution in [2.24, 2.45) is 0 Å². The Kier molecular flexibility index (Phi) is 5.51. The van der Waals surface area contributed by atoms with Crippen LogP contribution in [0.25, 0.3) is 11.0 Å². The highest BCUT2D eigenvalue weighted by Gasteiger charge is 2.18. The first-order valence-corrected chi connectivity index (χ1v) is 9.09. The number of ether oxygens (including phenoxy) is 1. The van der Waals surface area contributed by atoms with E-state index in [9.17, 15) is 9.59 Å². The summed E-state index contributed by atoms with van der Waals surface area (Å²) in [6.07, 6.45) is 0. The van der Waals surface area contributed by atoms with Gasteiger partial charge in [-0.1, -0.05) is 15.9 Å². The van der Waals surface area contributed by atoms with Gasteiger partial charge in [-0.15, -0.1) is 0 Å². The number of carbonyl (C=O) groups is 2. The summed E-state index contributed by atoms with van der Waals surface area (Å²) in [5, 5.41) is 6.14. The number of nitrogens with one attached hydrogen (secondary N) is 2. The van der Waals surface area contributed by atoms with Gasteiger partial charge in [0.2, 0.25) is 5.91 Å². The van der Waals surface area contributed by atoms with Gasteiger partial charge in [0.1, 0.15) is 11.3 Å². The molecule has 0 saturated heterocycles. The summed E-state index contributed by atoms with van der Waals surface area (Å²) in [4.78, 5) is 24.5. The number of fused-ring (bicyclic) bond motifs is 1. The minimum Gasteiger partial charge on any atom is -0.497 e. The maximum Gasteiger partial charge on any atom is 0.287 e. The van der Waals surface area contributed by atoms with Crippen LogP contribution in [0.1, 0.15) is 21.7 Å². The van der Waals surface area contributed by atoms with Crippen molar-refractivity contribution in [3.05, 3.63) is 57.8 Å². The molecule has 27 heavy (non-hydrogen) atoms. The van der Waals surface area contributed by atoms with Crippen molar-refractivity contribution >= 4 is 44.4 Å². The lowest BCUT2D eigenvalue weighted by Gasteiger charge is -2.08. The predicted molar refractivity (Wildman–Crippen MR) is 107 cm³/mol. The van der Waals surface area contributed by atoms with Crippen LogP contribution in [-0.4, -0.2) is 25.5 Å². The number of halogens is 1. The van der Waals surface area contributed by atoms with Crippen molar-refractivity contribution in [2.75, 3.05) is 19.0 Å². The Hall–Kier alpha value is -2.80. The normalized spacial score (nSPS) is 10.7. The Morgan fingerprint density at radius 1 is 1.15 bits per heavy atom. The Bertz CT molecular complexity index is 1030. The van der Waals surface area contributed by atoms with Gasteiger partial charge in [0.05, 0.1) is 13.7 Å². The second-order valence-electron chi connectivity index (χ2n) is 6.11. The molecule has 3 aromatic rings. The zero-order valence-electron chi connectivity index (χ0n) is 15.2. The van der Waals surface area contributed by atoms with E-state index in [2.05, 4.69) is 26.6 Å². The second kappa shape index (κ2) is 7.84. The lowest BCUT2D eigenvalue weighted by Crippen LogP contribution is -2.33. The molecule has 2 aromatic carbocycles. The standard InChI is InChI=1S/C20H19BrN2O4/c1-11-8-13(4-6-16(11)21)23-18(24)10-22-20(25)19-12(2)15-9-14(26-3)5-7-17(15)27-19/h4-9H,10H2,1-3H3,(H,22,25)(H,23,24). The molecule has 0 fully saturated rings. The molecule has 140 valence electrons. The van der Waals surface area contributed by atoms with E-state index in [-0.39, 0.29) is 18.2 Å². The fourth-order valence-corrected chi connectivity index (χ4v) is 2.96. The number of hydrogen-bond acceptors (Lipinski definition) is 4. The van der Waals surface area contributed by atoms with Crippen LogP contribution in [0.5, 0.6) is 5.75 Å². The lowest BCUT2D eigenvalue weighted by molar-refractivity contribution is -0.115. The van der Waals surface area contributed by atoms with Crippen molar-refractivity contribution in [3.63, 3.8) is 0 Å². The molecule has 0 aliphatic rings. The zero-order valence-corrected chi connectivity index (χ0v) is 16.8. The minimum absolute atomic E-state index is 0.159. The van der Waals surface area contributed by atoms with Gasteiger partial charge in [0, 0.05) is 21.1 Å². The van der Waals surface area contributed by atoms with E-state index in [0.717, 1.165) is 15.4 Å². The lowest BCUT2D eigenvalue weighted by atomic mass is 10.1. The van der Waals surface area contributed by atoms with E-state index in [4.69, 9.17) is 9.15 Å². The van der Waals surface area contributed by atoms with E-state index >= 15 is 0 Å². The molecule has 0 bridgehead atoms. The number of amides is 2. The van der Waals surface area contributed by atoms with Gasteiger partial charge >= 0.3 is 0 Å². The highest BCUT2D eigenvalue weighted by molar-refractivity contribution is 9.10. The Labute approximate surface area is 165 Å². The Morgan fingerprint density at radius 2 is 1.93 bits per heavy atom. The fourth-order valence-electron chi connectivity index (χ4n) is 2.71. The summed E-state index contributed by atoms with van der Waals surface area (Å²) in [7, 11) is 1.58. The third-order valence-electron chi connectivity index (χ3n) is 4.20. The van der Waals surface area contributed by atoms with Gasteiger partial charge in [0.15, 0.2) is 5.76 Å². The Morgan fingerprint density at radius 3 is 2.63 bits per heavy atom. The van der Waals surface area contributed by atoms with Crippen LogP contribution in [0.3, 0.4) is 0 Å². The van der Waals surface area contributed by atoms with Crippen LogP contribution < -0.4 is 15.4 Å². The first-order valence-electron chi connectivity index (χ1n) is 8.30. The van der Waals surface area contributed by atoms with Crippen molar-refractivity contribution in [2.45, 2.75) is 13.8 Å². The number of benzene rings is 2. The minimum atomic E-state index is -0.440. The Balaban J connectivity index is 1.66. The molecule has 0 spiro atoms. The molecule has 0 radical (unpaired) electrons. The molecule has 0 unspecified atom stereocenters. The van der Waals surface area contributed by atoms with Crippen LogP contribution in [0, 0.1) is 13.8 Å². The third-order valence-corrected chi connectivity index (χ3v) is 5.09. The van der Waals surface area contributed by atoms with Crippen molar-refractivity contribution in [1.29, 1.82) is 0 Å². The molecule has 7 heteroatoms. The molecule has 6 nitrogen and oxygen atoms in total. The molecule has 2 amide bonds. The predicted octanol–water partition coefficient (Wildman–Crippen LogP) is 4.19. The van der Waals surface area contributed by atoms with Crippen LogP contribution in [0.15, 0.2) is 45.3 Å². The summed E-state index contributed by atoms with van der Waals surface area (Å²) in [5.41, 5.74) is 2.96. The fraction of sp³-hybridized carbons (Fsp3) is 0.200. The number of aryl methyl sites for hydroxylation is 2. The summed E-state index contributed by atoms with van der Waals surface area (Å²) in [6, 6.07) is 10.8. The van der Waals surface area contributed by atoms with E-state index < -0.39 is 5.91 Å². The maximum absolute atomic E-state index is 12.4. The molecule has 1 aromatic heterocycles. The van der Waals surface area contributed by atoms with E-state index in [0.29, 0.717) is 22.6 Å². The summed E-state index contributed by atoms with van der Waals surface area (Å²) in [6.45, 7) is 3.57. The highest BCUT2D eigenvalue weighted by atomic mass is 79.9. The van der Waals surface area contributed by atoms with Crippen LogP contribution in [0.4, 0.5) is 5.69 Å². The number of methoxy groups -OCH3 is 1. The number of anilines is 1. The number of rotatable bonds is 5. The van der Waals surface area contributed by atoms with Gasteiger partial charge in [-0.3, -0.25) is 9.59 Å². The van der Waals surface area contributed by atoms with E-state index in [1.165, 1.54) is 0 Å². The summed E-state index contributed by atoms with van der Waals surface area (Å²) < 4.78 is 11.8. The summed E-state index contributed by atoms with van der Waals surface area (Å²) >= 11 is 3.41. The number of furan rings is 1. The molecular weight excluding hydrogens is 412 g/mol. The van der Waals surface area contributed by atoms with Gasteiger partial charge < -0.3 is 19.8 Å². The number of hydrogen-bond donors (Lipinski definition) is 2. The van der Waals surface area contributed by atoms with Crippen molar-refractivity contribution < 1.29 is 18.7 Å². The molecular formula is C20H19BrN2O4. The molecule has 1 heterocycles. The van der Waals surface area contributed by atoms with Gasteiger partial charge in [0.25, 0.3) is 5.91 Å². The quantitative estimate of drug-likeness (QED) is 0.635. The monoisotopic (exact) mass is 430 g/mol. The van der Waals surface area contributed by atoms with Gasteiger partial charge in [-0.2, -0.15) is 0 Å². The maximum atomic E-state index is 12.4. The average molecular weight is 431 g/mol. The van der Waals surface area contributed by atoms with Crippen LogP contribution >= 0.6 is 15.9 Å². The number of carbonyl (C=O) groups excluding carboxylic acids is 2. The SMILES string of the molecule is COc1ccc2oc(C(=O)NCC(=O)Nc3ccc(Br)c(C)c3)c(C)c2c1. The largest absolute Gasteiger partial charge is 0.497 e. The molecule has 0 aliphatic carbocycles. The average Bonchev–Trinajstić information content (AvgIpc) is 2.99. The molecule has 0 aliphatic heterocycles. The topological polar surface area (TPSA) is 80.6 Å². The third kappa shape index (κ3) is 4.14. The molecule has 0 saturated carbocycles. The first kappa shape index (κ1) is 19.0. The zero-order chi connectivity index (χ0) is 19.6. The second-order valence-corrected chi connectivity index (χ2v) is 6.97. The van der Waals surface area contributed by atoms with E-state index in [1.807, 2.05) is 25.1 Å². The smallest absolute Gasteiger partial charge is 0.287 e. The van der Waals surface area contributed by atoms with Crippen molar-refractivity contribution in [3.8, 4) is 5.75 Å².